The highest BCUT2D eigenvalue weighted by Gasteiger charge is 2.22. The van der Waals surface area contributed by atoms with E-state index in [2.05, 4.69) is 0 Å². The molecule has 0 aliphatic heterocycles. The number of sulfone groups is 1. The highest BCUT2D eigenvalue weighted by molar-refractivity contribution is 7.91. The van der Waals surface area contributed by atoms with Crippen LogP contribution < -0.4 is 4.72 Å². The molecule has 0 radical (unpaired) electrons. The second-order valence-corrected chi connectivity index (χ2v) is 8.29. The Labute approximate surface area is 124 Å². The minimum Gasteiger partial charge on any atom is -0.480 e. The van der Waals surface area contributed by atoms with Crippen LogP contribution in [0.3, 0.4) is 0 Å². The molecule has 1 rings (SSSR count). The number of sulfonamides is 1. The smallest absolute Gasteiger partial charge is 0.321 e. The highest BCUT2D eigenvalue weighted by atomic mass is 32.2. The molecule has 0 aliphatic carbocycles. The van der Waals surface area contributed by atoms with E-state index in [1.54, 1.807) is 6.92 Å². The number of benzene rings is 1. The first kappa shape index (κ1) is 17.6. The summed E-state index contributed by atoms with van der Waals surface area (Å²) >= 11 is 0. The summed E-state index contributed by atoms with van der Waals surface area (Å²) in [7, 11) is -7.42. The van der Waals surface area contributed by atoms with E-state index in [0.717, 1.165) is 12.1 Å². The predicted molar refractivity (Wildman–Crippen MR) is 76.2 cm³/mol. The molecule has 0 heterocycles. The van der Waals surface area contributed by atoms with Gasteiger partial charge in [0.2, 0.25) is 10.0 Å². The first-order valence-electron chi connectivity index (χ1n) is 6.18. The van der Waals surface area contributed by atoms with Gasteiger partial charge in [-0.15, -0.1) is 0 Å². The fourth-order valence-corrected chi connectivity index (χ4v) is 4.08. The van der Waals surface area contributed by atoms with Crippen LogP contribution in [-0.2, 0) is 24.7 Å². The first-order valence-corrected chi connectivity index (χ1v) is 9.31. The molecule has 0 fully saturated rings. The van der Waals surface area contributed by atoms with E-state index in [4.69, 9.17) is 5.11 Å². The molecule has 118 valence electrons. The largest absolute Gasteiger partial charge is 0.480 e. The van der Waals surface area contributed by atoms with Gasteiger partial charge in [-0.05, 0) is 37.6 Å². The van der Waals surface area contributed by atoms with Crippen molar-refractivity contribution < 1.29 is 26.7 Å². The molecule has 0 saturated carbocycles. The molecule has 21 heavy (non-hydrogen) atoms. The van der Waals surface area contributed by atoms with Crippen molar-refractivity contribution in [2.75, 3.05) is 5.75 Å². The second-order valence-electron chi connectivity index (χ2n) is 4.47. The van der Waals surface area contributed by atoms with Gasteiger partial charge in [-0.1, -0.05) is 6.92 Å². The van der Waals surface area contributed by atoms with Gasteiger partial charge in [0.1, 0.15) is 6.04 Å². The van der Waals surface area contributed by atoms with E-state index in [0.29, 0.717) is 6.42 Å². The zero-order valence-electron chi connectivity index (χ0n) is 11.6. The number of rotatable bonds is 7. The van der Waals surface area contributed by atoms with Crippen molar-refractivity contribution in [3.63, 3.8) is 0 Å². The maximum absolute atomic E-state index is 11.9. The van der Waals surface area contributed by atoms with Gasteiger partial charge in [0, 0.05) is 0 Å². The van der Waals surface area contributed by atoms with Gasteiger partial charge in [0.15, 0.2) is 9.84 Å². The zero-order chi connectivity index (χ0) is 16.3. The molecule has 7 nitrogen and oxygen atoms in total. The Kier molecular flexibility index (Phi) is 5.48. The van der Waals surface area contributed by atoms with Crippen LogP contribution in [0.5, 0.6) is 0 Å². The van der Waals surface area contributed by atoms with Gasteiger partial charge >= 0.3 is 5.97 Å². The molecule has 1 aromatic rings. The van der Waals surface area contributed by atoms with Crippen LogP contribution in [0.4, 0.5) is 0 Å². The highest BCUT2D eigenvalue weighted by Crippen LogP contribution is 2.16. The van der Waals surface area contributed by atoms with Gasteiger partial charge in [0.05, 0.1) is 15.5 Å². The third-order valence-electron chi connectivity index (χ3n) is 2.67. The fourth-order valence-electron chi connectivity index (χ4n) is 1.56. The van der Waals surface area contributed by atoms with Crippen LogP contribution >= 0.6 is 0 Å². The van der Waals surface area contributed by atoms with Crippen LogP contribution in [0.15, 0.2) is 34.1 Å². The molecule has 0 saturated heterocycles. The van der Waals surface area contributed by atoms with E-state index >= 15 is 0 Å². The predicted octanol–water partition coefficient (Wildman–Crippen LogP) is 0.622. The Balaban J connectivity index is 3.05. The van der Waals surface area contributed by atoms with Gasteiger partial charge in [-0.25, -0.2) is 16.8 Å². The minimum absolute atomic E-state index is 0.0204. The number of hydrogen-bond acceptors (Lipinski definition) is 5. The Morgan fingerprint density at radius 1 is 1.14 bits per heavy atom. The van der Waals surface area contributed by atoms with E-state index in [9.17, 15) is 21.6 Å². The molecule has 0 unspecified atom stereocenters. The van der Waals surface area contributed by atoms with Crippen molar-refractivity contribution >= 4 is 25.8 Å². The summed E-state index contributed by atoms with van der Waals surface area (Å²) in [5.74, 6) is -1.33. The lowest BCUT2D eigenvalue weighted by Crippen LogP contribution is -2.38. The van der Waals surface area contributed by atoms with Crippen molar-refractivity contribution in [2.24, 2.45) is 0 Å². The Bertz CT molecular complexity index is 707. The maximum Gasteiger partial charge on any atom is 0.321 e. The van der Waals surface area contributed by atoms with Crippen LogP contribution in [0.1, 0.15) is 20.3 Å². The monoisotopic (exact) mass is 335 g/mol. The molecule has 1 aromatic carbocycles. The SMILES string of the molecule is CCCS(=O)(=O)c1ccc(S(=O)(=O)N[C@@H](C)C(=O)O)cc1. The number of carboxylic acids is 1. The van der Waals surface area contributed by atoms with Crippen molar-refractivity contribution in [2.45, 2.75) is 36.1 Å². The van der Waals surface area contributed by atoms with Crippen LogP contribution in [0.25, 0.3) is 0 Å². The van der Waals surface area contributed by atoms with Gasteiger partial charge < -0.3 is 5.11 Å². The Hall–Kier alpha value is -1.45. The normalized spacial score (nSPS) is 13.8. The quantitative estimate of drug-likeness (QED) is 0.754. The van der Waals surface area contributed by atoms with E-state index in [-0.39, 0.29) is 15.5 Å². The van der Waals surface area contributed by atoms with Crippen LogP contribution in [0.2, 0.25) is 0 Å². The molecule has 1 atom stereocenters. The lowest BCUT2D eigenvalue weighted by molar-refractivity contribution is -0.138. The Morgan fingerprint density at radius 2 is 1.62 bits per heavy atom. The topological polar surface area (TPSA) is 118 Å². The number of carboxylic acid groups (broad SMARTS) is 1. The summed E-state index contributed by atoms with van der Waals surface area (Å²) in [6, 6.07) is 3.40. The summed E-state index contributed by atoms with van der Waals surface area (Å²) in [4.78, 5) is 10.5. The number of nitrogens with one attached hydrogen (secondary N) is 1. The second kappa shape index (κ2) is 6.54. The van der Waals surface area contributed by atoms with E-state index < -0.39 is 31.9 Å². The van der Waals surface area contributed by atoms with Gasteiger partial charge in [0.25, 0.3) is 0 Å². The number of carbonyl (C=O) groups is 1. The third-order valence-corrected chi connectivity index (χ3v) is 6.16. The molecule has 2 N–H and O–H groups in total. The standard InChI is InChI=1S/C12H17NO6S2/c1-3-8-20(16,17)10-4-6-11(7-5-10)21(18,19)13-9(2)12(14)15/h4-7,9,13H,3,8H2,1-2H3,(H,14,15)/t9-/m0/s1. The van der Waals surface area contributed by atoms with Crippen molar-refractivity contribution in [1.82, 2.24) is 4.72 Å². The lowest BCUT2D eigenvalue weighted by atomic mass is 10.4. The lowest BCUT2D eigenvalue weighted by Gasteiger charge is -2.10. The summed E-state index contributed by atoms with van der Waals surface area (Å²) in [6.07, 6.45) is 0.458. The molecule has 0 bridgehead atoms. The fraction of sp³-hybridized carbons (Fsp3) is 0.417. The van der Waals surface area contributed by atoms with Crippen molar-refractivity contribution in [3.8, 4) is 0 Å². The molecule has 0 aromatic heterocycles. The molecule has 9 heteroatoms. The summed E-state index contributed by atoms with van der Waals surface area (Å²) in [5, 5.41) is 8.70. The van der Waals surface area contributed by atoms with Gasteiger partial charge in [-0.2, -0.15) is 4.72 Å². The average molecular weight is 335 g/mol. The summed E-state index contributed by atoms with van der Waals surface area (Å²) < 4.78 is 49.4. The number of aliphatic carboxylic acids is 1. The molecule has 0 spiro atoms. The molecular formula is C12H17NO6S2. The van der Waals surface area contributed by atoms with E-state index in [1.165, 1.54) is 19.1 Å². The van der Waals surface area contributed by atoms with Crippen molar-refractivity contribution in [1.29, 1.82) is 0 Å². The van der Waals surface area contributed by atoms with Crippen LogP contribution in [-0.4, -0.2) is 39.7 Å². The molecule has 0 amide bonds. The number of hydrogen-bond donors (Lipinski definition) is 2. The zero-order valence-corrected chi connectivity index (χ0v) is 13.2. The average Bonchev–Trinajstić information content (AvgIpc) is 2.38. The van der Waals surface area contributed by atoms with Crippen molar-refractivity contribution in [3.05, 3.63) is 24.3 Å². The third kappa shape index (κ3) is 4.51. The molecular weight excluding hydrogens is 318 g/mol. The minimum atomic E-state index is -4.00. The molecule has 0 aliphatic rings. The van der Waals surface area contributed by atoms with E-state index in [1.807, 2.05) is 4.72 Å². The summed E-state index contributed by atoms with van der Waals surface area (Å²) in [6.45, 7) is 2.92. The first-order chi connectivity index (χ1) is 9.60. The Morgan fingerprint density at radius 3 is 2.05 bits per heavy atom. The maximum atomic E-state index is 11.9. The van der Waals surface area contributed by atoms with Crippen LogP contribution in [0, 0.1) is 0 Å². The van der Waals surface area contributed by atoms with Gasteiger partial charge in [-0.3, -0.25) is 4.79 Å². The summed E-state index contributed by atoms with van der Waals surface area (Å²) in [5.41, 5.74) is 0.